The molecule has 4 nitrogen and oxygen atoms in total. The molecule has 1 amide bonds. The molecule has 2 N–H and O–H groups in total. The number of hydrogen-bond donors (Lipinski definition) is 2. The number of rotatable bonds is 8. The third-order valence-corrected chi connectivity index (χ3v) is 6.13. The largest absolute Gasteiger partial charge is 0.497 e. The summed E-state index contributed by atoms with van der Waals surface area (Å²) in [4.78, 5) is 12.0. The summed E-state index contributed by atoms with van der Waals surface area (Å²) in [5.74, 6) is -1.70. The Labute approximate surface area is 211 Å². The number of benzene rings is 3. The molecule has 192 valence electrons. The van der Waals surface area contributed by atoms with Gasteiger partial charge in [0.25, 0.3) is 0 Å². The predicted octanol–water partition coefficient (Wildman–Crippen LogP) is 6.92. The molecule has 0 aromatic heterocycles. The zero-order valence-electron chi connectivity index (χ0n) is 18.8. The molecule has 0 radical (unpaired) electrons. The number of carbonyl (C=O) groups excluding carboxylic acids is 1. The van der Waals surface area contributed by atoms with E-state index in [-0.39, 0.29) is 12.0 Å². The van der Waals surface area contributed by atoms with Gasteiger partial charge in [0.1, 0.15) is 5.75 Å². The molecule has 3 aromatic rings. The average molecular weight is 575 g/mol. The summed E-state index contributed by atoms with van der Waals surface area (Å²) < 4.78 is 85.7. The van der Waals surface area contributed by atoms with Gasteiger partial charge in [0.05, 0.1) is 24.8 Å². The first-order valence-corrected chi connectivity index (χ1v) is 11.4. The molecule has 0 bridgehead atoms. The minimum absolute atomic E-state index is 0.0418. The zero-order valence-corrected chi connectivity index (χ0v) is 20.3. The van der Waals surface area contributed by atoms with Crippen molar-refractivity contribution in [2.24, 2.45) is 0 Å². The maximum atomic E-state index is 13.4. The fourth-order valence-corrected chi connectivity index (χ4v) is 4.04. The summed E-state index contributed by atoms with van der Waals surface area (Å²) in [6.45, 7) is 0. The van der Waals surface area contributed by atoms with Gasteiger partial charge in [-0.05, 0) is 60.0 Å². The van der Waals surface area contributed by atoms with Crippen LogP contribution in [0.1, 0.15) is 22.7 Å². The second-order valence-electron chi connectivity index (χ2n) is 7.85. The highest BCUT2D eigenvalue weighted by molar-refractivity contribution is 9.10. The molecule has 0 saturated carbocycles. The number of nitrogens with one attached hydrogen (secondary N) is 2. The number of halogens is 7. The molecule has 0 aliphatic heterocycles. The van der Waals surface area contributed by atoms with Gasteiger partial charge in [-0.2, -0.15) is 26.3 Å². The number of methoxy groups -OCH3 is 1. The second kappa shape index (κ2) is 11.2. The Bertz CT molecular complexity index is 1180. The topological polar surface area (TPSA) is 50.4 Å². The molecule has 0 saturated heterocycles. The number of anilines is 1. The van der Waals surface area contributed by atoms with Crippen LogP contribution >= 0.6 is 15.9 Å². The van der Waals surface area contributed by atoms with Gasteiger partial charge in [-0.3, -0.25) is 4.79 Å². The molecule has 11 heteroatoms. The van der Waals surface area contributed by atoms with Crippen LogP contribution in [0.15, 0.2) is 77.3 Å². The summed E-state index contributed by atoms with van der Waals surface area (Å²) in [5, 5.41) is 4.98. The molecule has 3 rings (SSSR count). The molecule has 36 heavy (non-hydrogen) atoms. The van der Waals surface area contributed by atoms with Crippen molar-refractivity contribution >= 4 is 27.5 Å². The van der Waals surface area contributed by atoms with E-state index in [2.05, 4.69) is 21.2 Å². The van der Waals surface area contributed by atoms with Crippen molar-refractivity contribution in [3.8, 4) is 5.75 Å². The van der Waals surface area contributed by atoms with Crippen molar-refractivity contribution in [3.05, 3.63) is 94.0 Å². The lowest BCUT2D eigenvalue weighted by molar-refractivity contribution is -0.174. The van der Waals surface area contributed by atoms with E-state index in [4.69, 9.17) is 4.74 Å². The van der Waals surface area contributed by atoms with Gasteiger partial charge < -0.3 is 15.4 Å². The summed E-state index contributed by atoms with van der Waals surface area (Å²) in [7, 11) is 1.45. The number of hydrogen-bond acceptors (Lipinski definition) is 3. The van der Waals surface area contributed by atoms with E-state index in [1.807, 2.05) is 5.32 Å². The molecule has 0 aliphatic rings. The monoisotopic (exact) mass is 574 g/mol. The van der Waals surface area contributed by atoms with Gasteiger partial charge in [0.2, 0.25) is 0 Å². The molecule has 2 atom stereocenters. The quantitative estimate of drug-likeness (QED) is 0.287. The predicted molar refractivity (Wildman–Crippen MR) is 127 cm³/mol. The lowest BCUT2D eigenvalue weighted by atomic mass is 9.92. The van der Waals surface area contributed by atoms with E-state index in [9.17, 15) is 31.1 Å². The van der Waals surface area contributed by atoms with E-state index >= 15 is 0 Å². The third kappa shape index (κ3) is 7.16. The first kappa shape index (κ1) is 27.4. The Morgan fingerprint density at radius 3 is 2.19 bits per heavy atom. The summed E-state index contributed by atoms with van der Waals surface area (Å²) in [5.41, 5.74) is 0.0265. The van der Waals surface area contributed by atoms with Crippen molar-refractivity contribution in [2.75, 3.05) is 12.4 Å². The maximum Gasteiger partial charge on any atom is 0.471 e. The van der Waals surface area contributed by atoms with Crippen molar-refractivity contribution in [3.63, 3.8) is 0 Å². The maximum absolute atomic E-state index is 13.4. The van der Waals surface area contributed by atoms with Gasteiger partial charge in [0, 0.05) is 10.2 Å². The smallest absolute Gasteiger partial charge is 0.471 e. The van der Waals surface area contributed by atoms with Crippen LogP contribution in [-0.2, 0) is 17.4 Å². The third-order valence-electron chi connectivity index (χ3n) is 5.36. The lowest BCUT2D eigenvalue weighted by Gasteiger charge is -2.31. The highest BCUT2D eigenvalue weighted by Crippen LogP contribution is 2.34. The standard InChI is InChI=1S/C25H21BrF6N2O2/c1-36-19-11-9-18(10-12-19)33-22(16-6-4-7-17(13-16)24(27,28)29)21(34-23(35)25(30,31)32)14-15-5-2-3-8-20(15)26/h2-13,21-22,33H,14H2,1H3,(H,34,35)/t21-,22+/m0/s1. The van der Waals surface area contributed by atoms with Crippen LogP contribution in [0.3, 0.4) is 0 Å². The van der Waals surface area contributed by atoms with Crippen LogP contribution in [0.5, 0.6) is 5.75 Å². The minimum Gasteiger partial charge on any atom is -0.497 e. The van der Waals surface area contributed by atoms with Gasteiger partial charge in [-0.25, -0.2) is 0 Å². The van der Waals surface area contributed by atoms with Crippen LogP contribution in [0.4, 0.5) is 32.0 Å². The minimum atomic E-state index is -5.19. The Balaban J connectivity index is 2.10. The number of carbonyl (C=O) groups is 1. The lowest BCUT2D eigenvalue weighted by Crippen LogP contribution is -2.48. The Kier molecular flexibility index (Phi) is 8.55. The van der Waals surface area contributed by atoms with E-state index in [0.717, 1.165) is 12.1 Å². The van der Waals surface area contributed by atoms with Crippen LogP contribution in [0, 0.1) is 0 Å². The molecule has 0 unspecified atom stereocenters. The van der Waals surface area contributed by atoms with Crippen LogP contribution in [0.2, 0.25) is 0 Å². The Hall–Kier alpha value is -3.21. The molecule has 3 aromatic carbocycles. The first-order valence-electron chi connectivity index (χ1n) is 10.6. The molecular formula is C25H21BrF6N2O2. The molecule has 0 fully saturated rings. The fraction of sp³-hybridized carbons (Fsp3) is 0.240. The first-order chi connectivity index (χ1) is 16.9. The van der Waals surface area contributed by atoms with Gasteiger partial charge in [-0.1, -0.05) is 46.3 Å². The number of amides is 1. The average Bonchev–Trinajstić information content (AvgIpc) is 2.83. The summed E-state index contributed by atoms with van der Waals surface area (Å²) in [6, 6.07) is 14.8. The number of alkyl halides is 6. The van der Waals surface area contributed by atoms with E-state index in [1.54, 1.807) is 48.5 Å². The van der Waals surface area contributed by atoms with Crippen LogP contribution < -0.4 is 15.4 Å². The van der Waals surface area contributed by atoms with Gasteiger partial charge >= 0.3 is 18.3 Å². The van der Waals surface area contributed by atoms with Gasteiger partial charge in [0.15, 0.2) is 0 Å². The summed E-state index contributed by atoms with van der Waals surface area (Å²) >= 11 is 3.34. The van der Waals surface area contributed by atoms with Crippen molar-refractivity contribution in [1.82, 2.24) is 5.32 Å². The fourth-order valence-electron chi connectivity index (χ4n) is 3.59. The van der Waals surface area contributed by atoms with Crippen LogP contribution in [-0.4, -0.2) is 25.2 Å². The molecular weight excluding hydrogens is 554 g/mol. The SMILES string of the molecule is COc1ccc(N[C@H](c2cccc(C(F)(F)F)c2)[C@H](Cc2ccccc2Br)NC(=O)C(F)(F)F)cc1. The molecule has 0 aliphatic carbocycles. The van der Waals surface area contributed by atoms with E-state index < -0.39 is 35.9 Å². The highest BCUT2D eigenvalue weighted by Gasteiger charge is 2.41. The van der Waals surface area contributed by atoms with E-state index in [1.165, 1.54) is 19.2 Å². The van der Waals surface area contributed by atoms with Gasteiger partial charge in [-0.15, -0.1) is 0 Å². The Morgan fingerprint density at radius 1 is 0.944 bits per heavy atom. The zero-order chi connectivity index (χ0) is 26.5. The van der Waals surface area contributed by atoms with Crippen molar-refractivity contribution in [1.29, 1.82) is 0 Å². The molecule has 0 heterocycles. The van der Waals surface area contributed by atoms with Crippen molar-refractivity contribution < 1.29 is 35.9 Å². The van der Waals surface area contributed by atoms with Crippen molar-refractivity contribution in [2.45, 2.75) is 30.9 Å². The molecule has 0 spiro atoms. The number of ether oxygens (including phenoxy) is 1. The van der Waals surface area contributed by atoms with Crippen LogP contribution in [0.25, 0.3) is 0 Å². The highest BCUT2D eigenvalue weighted by atomic mass is 79.9. The second-order valence-corrected chi connectivity index (χ2v) is 8.70. The van der Waals surface area contributed by atoms with E-state index in [0.29, 0.717) is 21.5 Å². The summed E-state index contributed by atoms with van der Waals surface area (Å²) in [6.07, 6.45) is -9.98. The Morgan fingerprint density at radius 2 is 1.61 bits per heavy atom. The normalized spacial score (nSPS) is 13.6.